The van der Waals surface area contributed by atoms with Crippen molar-refractivity contribution < 1.29 is 9.15 Å². The highest BCUT2D eigenvalue weighted by atomic mass is 16.5. The molecule has 0 aliphatic heterocycles. The maximum atomic E-state index is 5.86. The number of hydrogen-bond donors (Lipinski definition) is 1. The number of anilines is 1. The second-order valence-electron chi connectivity index (χ2n) is 3.82. The third-order valence-electron chi connectivity index (χ3n) is 2.80. The Bertz CT molecular complexity index is 689. The highest BCUT2D eigenvalue weighted by Crippen LogP contribution is 2.32. The third-order valence-corrected chi connectivity index (χ3v) is 2.80. The van der Waals surface area contributed by atoms with Gasteiger partial charge in [0.15, 0.2) is 0 Å². The molecule has 5 nitrogen and oxygen atoms in total. The van der Waals surface area contributed by atoms with Crippen molar-refractivity contribution in [1.82, 2.24) is 9.97 Å². The van der Waals surface area contributed by atoms with Crippen LogP contribution in [0.15, 0.2) is 41.3 Å². The molecule has 1 aromatic carbocycles. The van der Waals surface area contributed by atoms with E-state index in [-0.39, 0.29) is 0 Å². The van der Waals surface area contributed by atoms with E-state index in [9.17, 15) is 0 Å². The van der Waals surface area contributed by atoms with E-state index in [1.165, 1.54) is 6.33 Å². The average molecular weight is 241 g/mol. The van der Waals surface area contributed by atoms with Crippen molar-refractivity contribution in [2.75, 3.05) is 12.8 Å². The van der Waals surface area contributed by atoms with E-state index in [2.05, 4.69) is 9.97 Å². The second-order valence-corrected chi connectivity index (χ2v) is 3.82. The molecule has 2 N–H and O–H groups in total. The lowest BCUT2D eigenvalue weighted by molar-refractivity contribution is 0.415. The number of aromatic nitrogens is 2. The molecule has 90 valence electrons. The maximum Gasteiger partial charge on any atom is 0.231 e. The number of methoxy groups -OCH3 is 1. The molecule has 0 aliphatic carbocycles. The summed E-state index contributed by atoms with van der Waals surface area (Å²) in [7, 11) is 1.63. The van der Waals surface area contributed by atoms with Crippen LogP contribution in [0.25, 0.3) is 22.2 Å². The number of ether oxygens (including phenoxy) is 1. The van der Waals surface area contributed by atoms with Crippen molar-refractivity contribution in [3.63, 3.8) is 0 Å². The van der Waals surface area contributed by atoms with Gasteiger partial charge in [0.25, 0.3) is 0 Å². The zero-order valence-electron chi connectivity index (χ0n) is 9.75. The van der Waals surface area contributed by atoms with Gasteiger partial charge in [-0.25, -0.2) is 9.97 Å². The third kappa shape index (κ3) is 1.57. The van der Waals surface area contributed by atoms with Crippen LogP contribution in [0.2, 0.25) is 0 Å². The van der Waals surface area contributed by atoms with E-state index in [1.807, 2.05) is 24.3 Å². The van der Waals surface area contributed by atoms with Crippen LogP contribution in [0.1, 0.15) is 0 Å². The maximum absolute atomic E-state index is 5.86. The second kappa shape index (κ2) is 4.03. The Hall–Kier alpha value is -2.56. The lowest BCUT2D eigenvalue weighted by atomic mass is 10.1. The summed E-state index contributed by atoms with van der Waals surface area (Å²) in [6.45, 7) is 0. The number of fused-ring (bicyclic) bond motifs is 1. The predicted octanol–water partition coefficient (Wildman–Crippen LogP) is 2.48. The Labute approximate surface area is 103 Å². The van der Waals surface area contributed by atoms with Crippen LogP contribution in [-0.4, -0.2) is 17.1 Å². The largest absolute Gasteiger partial charge is 0.497 e. The molecule has 0 saturated carbocycles. The van der Waals surface area contributed by atoms with Crippen molar-refractivity contribution in [2.24, 2.45) is 0 Å². The molecule has 2 heterocycles. The van der Waals surface area contributed by atoms with Crippen LogP contribution in [0.5, 0.6) is 5.75 Å². The Morgan fingerprint density at radius 2 is 1.94 bits per heavy atom. The van der Waals surface area contributed by atoms with E-state index < -0.39 is 0 Å². The molecule has 0 amide bonds. The van der Waals surface area contributed by atoms with Gasteiger partial charge in [-0.3, -0.25) is 0 Å². The lowest BCUT2D eigenvalue weighted by Crippen LogP contribution is -1.92. The molecule has 0 spiro atoms. The lowest BCUT2D eigenvalue weighted by Gasteiger charge is -2.02. The van der Waals surface area contributed by atoms with Gasteiger partial charge in [0, 0.05) is 5.56 Å². The van der Waals surface area contributed by atoms with Gasteiger partial charge in [0.05, 0.1) is 12.5 Å². The van der Waals surface area contributed by atoms with Crippen molar-refractivity contribution in [1.29, 1.82) is 0 Å². The smallest absolute Gasteiger partial charge is 0.231 e. The summed E-state index contributed by atoms with van der Waals surface area (Å²) in [5.74, 6) is 1.22. The number of nitrogens with zero attached hydrogens (tertiary/aromatic N) is 2. The molecule has 2 aromatic heterocycles. The normalized spacial score (nSPS) is 10.7. The molecule has 3 aromatic rings. The van der Waals surface area contributed by atoms with Gasteiger partial charge < -0.3 is 14.9 Å². The van der Waals surface area contributed by atoms with Crippen molar-refractivity contribution in [2.45, 2.75) is 0 Å². The quantitative estimate of drug-likeness (QED) is 0.746. The molecular formula is C13H11N3O2. The molecule has 5 heteroatoms. The van der Waals surface area contributed by atoms with Crippen molar-refractivity contribution >= 4 is 16.9 Å². The van der Waals surface area contributed by atoms with Crippen LogP contribution < -0.4 is 10.5 Å². The first kappa shape index (κ1) is 10.6. The zero-order valence-corrected chi connectivity index (χ0v) is 9.75. The highest BCUT2D eigenvalue weighted by molar-refractivity contribution is 5.98. The number of benzene rings is 1. The summed E-state index contributed by atoms with van der Waals surface area (Å²) in [5.41, 5.74) is 8.22. The Balaban J connectivity index is 2.18. The minimum atomic E-state index is 0.416. The first-order valence-corrected chi connectivity index (χ1v) is 5.41. The molecule has 0 unspecified atom stereocenters. The van der Waals surface area contributed by atoms with Crippen LogP contribution in [0, 0.1) is 0 Å². The standard InChI is InChI=1S/C13H11N3O2/c1-17-9-4-2-8(3-5-9)10-6-18-13-11(10)12(14)15-7-16-13/h2-7H,1H3,(H2,14,15,16). The number of hydrogen-bond acceptors (Lipinski definition) is 5. The molecule has 0 atom stereocenters. The Morgan fingerprint density at radius 3 is 2.67 bits per heavy atom. The van der Waals surface area contributed by atoms with Crippen LogP contribution in [0.3, 0.4) is 0 Å². The summed E-state index contributed by atoms with van der Waals surface area (Å²) in [4.78, 5) is 8.02. The minimum absolute atomic E-state index is 0.416. The molecule has 18 heavy (non-hydrogen) atoms. The van der Waals surface area contributed by atoms with Crippen LogP contribution in [-0.2, 0) is 0 Å². The van der Waals surface area contributed by atoms with Crippen LogP contribution >= 0.6 is 0 Å². The molecule has 3 rings (SSSR count). The van der Waals surface area contributed by atoms with Gasteiger partial charge in [-0.15, -0.1) is 0 Å². The minimum Gasteiger partial charge on any atom is -0.497 e. The Morgan fingerprint density at radius 1 is 1.17 bits per heavy atom. The summed E-state index contributed by atoms with van der Waals surface area (Å²) < 4.78 is 10.5. The summed E-state index contributed by atoms with van der Waals surface area (Å²) in [6.07, 6.45) is 3.02. The Kier molecular flexibility index (Phi) is 2.37. The first-order valence-electron chi connectivity index (χ1n) is 5.41. The fraction of sp³-hybridized carbons (Fsp3) is 0.0769. The number of rotatable bonds is 2. The van der Waals surface area contributed by atoms with Crippen molar-refractivity contribution in [3.05, 3.63) is 36.9 Å². The monoisotopic (exact) mass is 241 g/mol. The van der Waals surface area contributed by atoms with E-state index in [1.54, 1.807) is 13.4 Å². The average Bonchev–Trinajstić information content (AvgIpc) is 2.84. The number of nitrogen functional groups attached to an aromatic ring is 1. The predicted molar refractivity (Wildman–Crippen MR) is 68.2 cm³/mol. The summed E-state index contributed by atoms with van der Waals surface area (Å²) in [6, 6.07) is 7.65. The molecule has 0 bridgehead atoms. The molecule has 0 aliphatic rings. The first-order chi connectivity index (χ1) is 8.79. The van der Waals surface area contributed by atoms with E-state index in [0.29, 0.717) is 11.5 Å². The topological polar surface area (TPSA) is 74.2 Å². The van der Waals surface area contributed by atoms with Crippen LogP contribution in [0.4, 0.5) is 5.82 Å². The van der Waals surface area contributed by atoms with Gasteiger partial charge >= 0.3 is 0 Å². The zero-order chi connectivity index (χ0) is 12.5. The van der Waals surface area contributed by atoms with Gasteiger partial charge in [-0.1, -0.05) is 12.1 Å². The van der Waals surface area contributed by atoms with Gasteiger partial charge in [0.1, 0.15) is 24.2 Å². The van der Waals surface area contributed by atoms with Crippen molar-refractivity contribution in [3.8, 4) is 16.9 Å². The highest BCUT2D eigenvalue weighted by Gasteiger charge is 2.12. The fourth-order valence-corrected chi connectivity index (χ4v) is 1.88. The molecule has 0 radical (unpaired) electrons. The van der Waals surface area contributed by atoms with Gasteiger partial charge in [-0.2, -0.15) is 0 Å². The summed E-state index contributed by atoms with van der Waals surface area (Å²) in [5, 5.41) is 0.739. The fourth-order valence-electron chi connectivity index (χ4n) is 1.88. The van der Waals surface area contributed by atoms with E-state index in [0.717, 1.165) is 22.3 Å². The van der Waals surface area contributed by atoms with Gasteiger partial charge in [-0.05, 0) is 17.7 Å². The SMILES string of the molecule is COc1ccc(-c2coc3ncnc(N)c23)cc1. The molecule has 0 saturated heterocycles. The van der Waals surface area contributed by atoms with E-state index in [4.69, 9.17) is 14.9 Å². The number of nitrogens with two attached hydrogens (primary N) is 1. The van der Waals surface area contributed by atoms with E-state index >= 15 is 0 Å². The summed E-state index contributed by atoms with van der Waals surface area (Å²) >= 11 is 0. The molecular weight excluding hydrogens is 230 g/mol. The molecule has 0 fully saturated rings. The number of furan rings is 1. The van der Waals surface area contributed by atoms with Gasteiger partial charge in [0.2, 0.25) is 5.71 Å².